The van der Waals surface area contributed by atoms with Crippen LogP contribution in [0.25, 0.3) is 0 Å². The Hall–Kier alpha value is 0.0249. The van der Waals surface area contributed by atoms with Crippen LogP contribution >= 0.6 is 15.9 Å². The average Bonchev–Trinajstić information content (AvgIpc) is 2.21. The van der Waals surface area contributed by atoms with Crippen LogP contribution in [-0.2, 0) is 0 Å². The molecule has 0 amide bonds. The quantitative estimate of drug-likeness (QED) is 0.614. The predicted molar refractivity (Wildman–Crippen MR) is 65.8 cm³/mol. The molecule has 0 aliphatic heterocycles. The average molecular weight is 251 g/mol. The summed E-state index contributed by atoms with van der Waals surface area (Å²) in [5, 5.41) is 0. The first-order valence-corrected chi connectivity index (χ1v) is 6.35. The highest BCUT2D eigenvalue weighted by atomic mass is 79.9. The van der Waals surface area contributed by atoms with Crippen LogP contribution in [0.3, 0.4) is 0 Å². The van der Waals surface area contributed by atoms with Gasteiger partial charge in [0.2, 0.25) is 0 Å². The van der Waals surface area contributed by atoms with E-state index in [-0.39, 0.29) is 0 Å². The third kappa shape index (κ3) is 2.53. The molecule has 0 aromatic rings. The molecule has 0 nitrogen and oxygen atoms in total. The smallest absolute Gasteiger partial charge is 0.0699 e. The summed E-state index contributed by atoms with van der Waals surface area (Å²) in [4.78, 5) is 0. The van der Waals surface area contributed by atoms with E-state index in [0.717, 1.165) is 5.92 Å². The molecule has 14 heavy (non-hydrogen) atoms. The van der Waals surface area contributed by atoms with Gasteiger partial charge in [-0.2, -0.15) is 0 Å². The van der Waals surface area contributed by atoms with Crippen molar-refractivity contribution >= 4 is 23.8 Å². The lowest BCUT2D eigenvalue weighted by Gasteiger charge is -2.29. The van der Waals surface area contributed by atoms with Crippen molar-refractivity contribution in [3.05, 3.63) is 22.2 Å². The predicted octanol–water partition coefficient (Wildman–Crippen LogP) is 4.13. The Bertz CT molecular complexity index is 259. The van der Waals surface area contributed by atoms with Gasteiger partial charge in [0, 0.05) is 0 Å². The second-order valence-electron chi connectivity index (χ2n) is 4.47. The molecule has 2 heteroatoms. The van der Waals surface area contributed by atoms with Crippen LogP contribution < -0.4 is 0 Å². The van der Waals surface area contributed by atoms with E-state index < -0.39 is 0 Å². The third-order valence-electron chi connectivity index (χ3n) is 3.43. The van der Waals surface area contributed by atoms with Gasteiger partial charge in [-0.3, -0.25) is 0 Å². The van der Waals surface area contributed by atoms with Gasteiger partial charge in [-0.15, -0.1) is 0 Å². The molecule has 2 rings (SSSR count). The lowest BCUT2D eigenvalue weighted by Crippen LogP contribution is -2.14. The first kappa shape index (κ1) is 10.5. The molecule has 1 saturated carbocycles. The van der Waals surface area contributed by atoms with Crippen molar-refractivity contribution in [1.29, 1.82) is 0 Å². The maximum atomic E-state index is 5.91. The van der Waals surface area contributed by atoms with E-state index in [0.29, 0.717) is 5.82 Å². The minimum Gasteiger partial charge on any atom is -0.0773 e. The number of allylic oxidation sites excluding steroid dienone is 4. The third-order valence-corrected chi connectivity index (χ3v) is 4.09. The Labute approximate surface area is 96.4 Å². The molecule has 1 fully saturated rings. The molecule has 0 unspecified atom stereocenters. The number of halogens is 1. The number of rotatable bonds is 1. The number of hydrogen-bond acceptors (Lipinski definition) is 0. The van der Waals surface area contributed by atoms with Crippen LogP contribution in [-0.4, -0.2) is 7.85 Å². The highest BCUT2D eigenvalue weighted by molar-refractivity contribution is 9.11. The summed E-state index contributed by atoms with van der Waals surface area (Å²) in [6.07, 6.45) is 12.0. The van der Waals surface area contributed by atoms with Gasteiger partial charge < -0.3 is 0 Å². The molecule has 0 aromatic heterocycles. The van der Waals surface area contributed by atoms with E-state index >= 15 is 0 Å². The summed E-state index contributed by atoms with van der Waals surface area (Å²) in [7, 11) is 5.91. The van der Waals surface area contributed by atoms with Crippen LogP contribution in [0.2, 0.25) is 5.82 Å². The van der Waals surface area contributed by atoms with E-state index in [2.05, 4.69) is 28.1 Å². The minimum absolute atomic E-state index is 0.470. The molecular formula is C12H16BBr. The summed E-state index contributed by atoms with van der Waals surface area (Å²) >= 11 is 3.55. The van der Waals surface area contributed by atoms with E-state index in [4.69, 9.17) is 7.85 Å². The molecule has 0 spiro atoms. The fraction of sp³-hybridized carbons (Fsp3) is 0.667. The van der Waals surface area contributed by atoms with Crippen molar-refractivity contribution in [1.82, 2.24) is 0 Å². The van der Waals surface area contributed by atoms with Gasteiger partial charge in [0.1, 0.15) is 0 Å². The topological polar surface area (TPSA) is 0 Å². The molecule has 0 bridgehead atoms. The van der Waals surface area contributed by atoms with Crippen LogP contribution in [0.4, 0.5) is 0 Å². The van der Waals surface area contributed by atoms with Crippen LogP contribution in [0.5, 0.6) is 0 Å². The summed E-state index contributed by atoms with van der Waals surface area (Å²) in [6.45, 7) is 0. The Balaban J connectivity index is 1.96. The van der Waals surface area contributed by atoms with Gasteiger partial charge in [0.15, 0.2) is 0 Å². The normalized spacial score (nSPS) is 33.5. The molecule has 2 aliphatic carbocycles. The zero-order valence-electron chi connectivity index (χ0n) is 8.51. The molecule has 0 N–H and O–H groups in total. The highest BCUT2D eigenvalue weighted by Crippen LogP contribution is 2.38. The van der Waals surface area contributed by atoms with Crippen molar-refractivity contribution in [3.63, 3.8) is 0 Å². The van der Waals surface area contributed by atoms with Crippen LogP contribution in [0.15, 0.2) is 22.2 Å². The van der Waals surface area contributed by atoms with Crippen molar-refractivity contribution in [2.45, 2.75) is 44.3 Å². The SMILES string of the molecule is [B]C1CCC(C2=CC=C(Br)CC2)CC1. The Morgan fingerprint density at radius 2 is 1.79 bits per heavy atom. The van der Waals surface area contributed by atoms with Gasteiger partial charge in [0.05, 0.1) is 7.85 Å². The van der Waals surface area contributed by atoms with Crippen molar-refractivity contribution in [2.75, 3.05) is 0 Å². The Kier molecular flexibility index (Phi) is 3.54. The fourth-order valence-corrected chi connectivity index (χ4v) is 2.79. The standard InChI is InChI=1S/C12H16BBr/c13-11-5-1-9(2-6-11)10-3-7-12(14)8-4-10/h3,7,9,11H,1-2,4-6,8H2. The summed E-state index contributed by atoms with van der Waals surface area (Å²) in [5.41, 5.74) is 1.65. The first-order chi connectivity index (χ1) is 6.75. The Morgan fingerprint density at radius 1 is 1.07 bits per heavy atom. The van der Waals surface area contributed by atoms with Crippen molar-refractivity contribution in [2.24, 2.45) is 5.92 Å². The second-order valence-corrected chi connectivity index (χ2v) is 5.49. The summed E-state index contributed by atoms with van der Waals surface area (Å²) in [6, 6.07) is 0. The van der Waals surface area contributed by atoms with Crippen LogP contribution in [0, 0.1) is 5.92 Å². The van der Waals surface area contributed by atoms with Gasteiger partial charge in [-0.1, -0.05) is 52.3 Å². The zero-order chi connectivity index (χ0) is 9.97. The highest BCUT2D eigenvalue weighted by Gasteiger charge is 2.21. The van der Waals surface area contributed by atoms with Crippen LogP contribution in [0.1, 0.15) is 38.5 Å². The molecule has 0 atom stereocenters. The summed E-state index contributed by atoms with van der Waals surface area (Å²) in [5.74, 6) is 1.30. The maximum absolute atomic E-state index is 5.91. The zero-order valence-corrected chi connectivity index (χ0v) is 10.1. The second kappa shape index (κ2) is 4.70. The van der Waals surface area contributed by atoms with E-state index in [1.807, 2.05) is 0 Å². The molecule has 0 saturated heterocycles. The summed E-state index contributed by atoms with van der Waals surface area (Å²) < 4.78 is 1.34. The molecule has 74 valence electrons. The maximum Gasteiger partial charge on any atom is 0.0699 e. The largest absolute Gasteiger partial charge is 0.0773 e. The van der Waals surface area contributed by atoms with Gasteiger partial charge >= 0.3 is 0 Å². The first-order valence-electron chi connectivity index (χ1n) is 5.56. The van der Waals surface area contributed by atoms with Crippen molar-refractivity contribution < 1.29 is 0 Å². The molecule has 0 heterocycles. The molecular weight excluding hydrogens is 235 g/mol. The van der Waals surface area contributed by atoms with E-state index in [1.54, 1.807) is 5.57 Å². The lowest BCUT2D eigenvalue weighted by atomic mass is 9.69. The van der Waals surface area contributed by atoms with Crippen molar-refractivity contribution in [3.8, 4) is 0 Å². The minimum atomic E-state index is 0.470. The Morgan fingerprint density at radius 3 is 2.36 bits per heavy atom. The number of hydrogen-bond donors (Lipinski definition) is 0. The fourth-order valence-electron chi connectivity index (χ4n) is 2.46. The van der Waals surface area contributed by atoms with Gasteiger partial charge in [-0.05, 0) is 36.1 Å². The molecule has 0 aromatic carbocycles. The monoisotopic (exact) mass is 250 g/mol. The lowest BCUT2D eigenvalue weighted by molar-refractivity contribution is 0.395. The van der Waals surface area contributed by atoms with E-state index in [9.17, 15) is 0 Å². The molecule has 2 radical (unpaired) electrons. The van der Waals surface area contributed by atoms with Gasteiger partial charge in [-0.25, -0.2) is 0 Å². The van der Waals surface area contributed by atoms with Gasteiger partial charge in [0.25, 0.3) is 0 Å². The van der Waals surface area contributed by atoms with E-state index in [1.165, 1.54) is 43.0 Å². The molecule has 2 aliphatic rings.